The molecule has 0 unspecified atom stereocenters. The lowest BCUT2D eigenvalue weighted by Gasteiger charge is -2.09. The molecule has 0 saturated heterocycles. The van der Waals surface area contributed by atoms with Gasteiger partial charge in [-0.25, -0.2) is 9.37 Å². The number of methoxy groups -OCH3 is 1. The minimum absolute atomic E-state index is 0.0619. The first-order chi connectivity index (χ1) is 10.2. The van der Waals surface area contributed by atoms with Gasteiger partial charge in [0.2, 0.25) is 11.8 Å². The summed E-state index contributed by atoms with van der Waals surface area (Å²) in [6.45, 7) is 0.494. The van der Waals surface area contributed by atoms with E-state index in [1.807, 2.05) is 6.07 Å². The van der Waals surface area contributed by atoms with Gasteiger partial charge in [-0.3, -0.25) is 4.79 Å². The summed E-state index contributed by atoms with van der Waals surface area (Å²) in [5.41, 5.74) is 1.02. The lowest BCUT2D eigenvalue weighted by atomic mass is 10.2. The molecule has 1 aromatic carbocycles. The van der Waals surface area contributed by atoms with E-state index in [-0.39, 0.29) is 18.1 Å². The van der Waals surface area contributed by atoms with E-state index in [4.69, 9.17) is 4.74 Å². The SMILES string of the molecule is COc1ncccc1CNCC(=O)Nc1ccccc1F. The number of carbonyl (C=O) groups is 1. The number of amides is 1. The number of nitrogens with zero attached hydrogens (tertiary/aromatic N) is 1. The van der Waals surface area contributed by atoms with E-state index in [1.54, 1.807) is 24.4 Å². The van der Waals surface area contributed by atoms with Crippen molar-refractivity contribution in [1.82, 2.24) is 10.3 Å². The largest absolute Gasteiger partial charge is 0.481 e. The fraction of sp³-hybridized carbons (Fsp3) is 0.200. The molecular formula is C15H16FN3O2. The highest BCUT2D eigenvalue weighted by molar-refractivity contribution is 5.92. The molecular weight excluding hydrogens is 273 g/mol. The highest BCUT2D eigenvalue weighted by atomic mass is 19.1. The van der Waals surface area contributed by atoms with Crippen molar-refractivity contribution in [2.24, 2.45) is 0 Å². The number of rotatable bonds is 6. The van der Waals surface area contributed by atoms with E-state index in [0.717, 1.165) is 5.56 Å². The molecule has 0 bridgehead atoms. The molecule has 0 aliphatic heterocycles. The number of hydrogen-bond acceptors (Lipinski definition) is 4. The van der Waals surface area contributed by atoms with Crippen LogP contribution in [0.4, 0.5) is 10.1 Å². The van der Waals surface area contributed by atoms with E-state index in [1.165, 1.54) is 19.2 Å². The van der Waals surface area contributed by atoms with Gasteiger partial charge in [-0.15, -0.1) is 0 Å². The summed E-state index contributed by atoms with van der Waals surface area (Å²) in [6.07, 6.45) is 1.63. The third-order valence-electron chi connectivity index (χ3n) is 2.79. The number of carbonyl (C=O) groups excluding carboxylic acids is 1. The quantitative estimate of drug-likeness (QED) is 0.853. The summed E-state index contributed by atoms with van der Waals surface area (Å²) < 4.78 is 18.5. The first-order valence-corrected chi connectivity index (χ1v) is 6.43. The molecule has 2 aromatic rings. The molecule has 1 aromatic heterocycles. The number of halogens is 1. The first-order valence-electron chi connectivity index (χ1n) is 6.43. The van der Waals surface area contributed by atoms with E-state index in [0.29, 0.717) is 12.4 Å². The number of anilines is 1. The molecule has 6 heteroatoms. The maximum absolute atomic E-state index is 13.4. The molecule has 0 atom stereocenters. The molecule has 0 spiro atoms. The molecule has 0 radical (unpaired) electrons. The van der Waals surface area contributed by atoms with Crippen LogP contribution >= 0.6 is 0 Å². The zero-order chi connectivity index (χ0) is 15.1. The molecule has 21 heavy (non-hydrogen) atoms. The second-order valence-electron chi connectivity index (χ2n) is 4.30. The molecule has 2 rings (SSSR count). The third-order valence-corrected chi connectivity index (χ3v) is 2.79. The van der Waals surface area contributed by atoms with Crippen molar-refractivity contribution in [3.63, 3.8) is 0 Å². The van der Waals surface area contributed by atoms with Crippen LogP contribution in [0.3, 0.4) is 0 Å². The second-order valence-corrected chi connectivity index (χ2v) is 4.30. The van der Waals surface area contributed by atoms with Crippen molar-refractivity contribution in [2.75, 3.05) is 19.0 Å². The van der Waals surface area contributed by atoms with Crippen LogP contribution < -0.4 is 15.4 Å². The molecule has 1 amide bonds. The average molecular weight is 289 g/mol. The van der Waals surface area contributed by atoms with Gasteiger partial charge in [-0.1, -0.05) is 18.2 Å². The molecule has 0 saturated carbocycles. The summed E-state index contributed by atoms with van der Waals surface area (Å²) in [5.74, 6) is -0.262. The van der Waals surface area contributed by atoms with Crippen molar-refractivity contribution in [3.05, 3.63) is 54.0 Å². The fourth-order valence-corrected chi connectivity index (χ4v) is 1.81. The smallest absolute Gasteiger partial charge is 0.238 e. The van der Waals surface area contributed by atoms with Gasteiger partial charge in [0.05, 0.1) is 19.3 Å². The van der Waals surface area contributed by atoms with Gasteiger partial charge >= 0.3 is 0 Å². The van der Waals surface area contributed by atoms with Crippen LogP contribution in [0.1, 0.15) is 5.56 Å². The van der Waals surface area contributed by atoms with E-state index in [9.17, 15) is 9.18 Å². The Kier molecular flexibility index (Phi) is 5.22. The highest BCUT2D eigenvalue weighted by Gasteiger charge is 2.07. The molecule has 110 valence electrons. The summed E-state index contributed by atoms with van der Waals surface area (Å²) in [5, 5.41) is 5.46. The Hall–Kier alpha value is -2.47. The number of hydrogen-bond donors (Lipinski definition) is 2. The Labute approximate surface area is 122 Å². The minimum Gasteiger partial charge on any atom is -0.481 e. The van der Waals surface area contributed by atoms with Crippen LogP contribution in [0.15, 0.2) is 42.6 Å². The maximum Gasteiger partial charge on any atom is 0.238 e. The topological polar surface area (TPSA) is 63.2 Å². The number of aromatic nitrogens is 1. The Morgan fingerprint density at radius 3 is 2.86 bits per heavy atom. The van der Waals surface area contributed by atoms with Gasteiger partial charge in [0.1, 0.15) is 5.82 Å². The van der Waals surface area contributed by atoms with Crippen LogP contribution in [0.25, 0.3) is 0 Å². The van der Waals surface area contributed by atoms with Crippen molar-refractivity contribution >= 4 is 11.6 Å². The van der Waals surface area contributed by atoms with Crippen molar-refractivity contribution < 1.29 is 13.9 Å². The van der Waals surface area contributed by atoms with Crippen LogP contribution in [-0.4, -0.2) is 24.5 Å². The van der Waals surface area contributed by atoms with E-state index in [2.05, 4.69) is 15.6 Å². The standard InChI is InChI=1S/C15H16FN3O2/c1-21-15-11(5-4-8-18-15)9-17-10-14(20)19-13-7-3-2-6-12(13)16/h2-8,17H,9-10H2,1H3,(H,19,20). The predicted octanol–water partition coefficient (Wildman–Crippen LogP) is 1.96. The summed E-state index contributed by atoms with van der Waals surface area (Å²) in [4.78, 5) is 15.8. The Morgan fingerprint density at radius 2 is 2.10 bits per heavy atom. The van der Waals surface area contributed by atoms with Gasteiger partial charge < -0.3 is 15.4 Å². The molecule has 0 fully saturated rings. The minimum atomic E-state index is -0.459. The van der Waals surface area contributed by atoms with Gasteiger partial charge in [0.25, 0.3) is 0 Å². The Morgan fingerprint density at radius 1 is 1.29 bits per heavy atom. The summed E-state index contributed by atoms with van der Waals surface area (Å²) >= 11 is 0. The maximum atomic E-state index is 13.4. The molecule has 1 heterocycles. The average Bonchev–Trinajstić information content (AvgIpc) is 2.50. The van der Waals surface area contributed by atoms with Crippen LogP contribution in [-0.2, 0) is 11.3 Å². The van der Waals surface area contributed by atoms with E-state index < -0.39 is 5.82 Å². The van der Waals surface area contributed by atoms with Crippen LogP contribution in [0.2, 0.25) is 0 Å². The predicted molar refractivity (Wildman–Crippen MR) is 77.5 cm³/mol. The van der Waals surface area contributed by atoms with Crippen LogP contribution in [0.5, 0.6) is 5.88 Å². The lowest BCUT2D eigenvalue weighted by Crippen LogP contribution is -2.28. The second kappa shape index (κ2) is 7.35. The normalized spacial score (nSPS) is 10.2. The first kappa shape index (κ1) is 14.9. The van der Waals surface area contributed by atoms with Crippen molar-refractivity contribution in [1.29, 1.82) is 0 Å². The zero-order valence-corrected chi connectivity index (χ0v) is 11.6. The van der Waals surface area contributed by atoms with Crippen molar-refractivity contribution in [2.45, 2.75) is 6.54 Å². The highest BCUT2D eigenvalue weighted by Crippen LogP contribution is 2.13. The van der Waals surface area contributed by atoms with Gasteiger partial charge in [0.15, 0.2) is 0 Å². The fourth-order valence-electron chi connectivity index (χ4n) is 1.81. The Balaban J connectivity index is 1.83. The number of nitrogens with one attached hydrogen (secondary N) is 2. The summed E-state index contributed by atoms with van der Waals surface area (Å²) in [7, 11) is 1.54. The number of pyridine rings is 1. The van der Waals surface area contributed by atoms with Gasteiger partial charge in [0, 0.05) is 18.3 Å². The van der Waals surface area contributed by atoms with E-state index >= 15 is 0 Å². The zero-order valence-electron chi connectivity index (χ0n) is 11.6. The molecule has 2 N–H and O–H groups in total. The van der Waals surface area contributed by atoms with Gasteiger partial charge in [-0.05, 0) is 18.2 Å². The van der Waals surface area contributed by atoms with Crippen LogP contribution in [0, 0.1) is 5.82 Å². The molecule has 0 aliphatic carbocycles. The molecule has 5 nitrogen and oxygen atoms in total. The monoisotopic (exact) mass is 289 g/mol. The third kappa shape index (κ3) is 4.25. The van der Waals surface area contributed by atoms with Gasteiger partial charge in [-0.2, -0.15) is 0 Å². The Bertz CT molecular complexity index is 619. The van der Waals surface area contributed by atoms with Crippen molar-refractivity contribution in [3.8, 4) is 5.88 Å². The number of benzene rings is 1. The molecule has 0 aliphatic rings. The number of para-hydroxylation sites is 1. The lowest BCUT2D eigenvalue weighted by molar-refractivity contribution is -0.115. The number of ether oxygens (including phenoxy) is 1. The summed E-state index contributed by atoms with van der Waals surface area (Å²) in [6, 6.07) is 9.68.